The van der Waals surface area contributed by atoms with E-state index in [1.54, 1.807) is 13.8 Å². The second-order valence-electron chi connectivity index (χ2n) is 5.97. The molecular formula is C13H21F2NO3S. The first-order valence-electron chi connectivity index (χ1n) is 6.98. The van der Waals surface area contributed by atoms with Gasteiger partial charge in [0, 0.05) is 34.4 Å². The van der Waals surface area contributed by atoms with E-state index in [1.807, 2.05) is 0 Å². The van der Waals surface area contributed by atoms with Gasteiger partial charge < -0.3 is 10.0 Å². The number of halogens is 2. The van der Waals surface area contributed by atoms with E-state index in [9.17, 15) is 22.9 Å². The van der Waals surface area contributed by atoms with Gasteiger partial charge in [-0.2, -0.15) is 8.78 Å². The third-order valence-electron chi connectivity index (χ3n) is 4.32. The third-order valence-corrected chi connectivity index (χ3v) is 6.20. The van der Waals surface area contributed by atoms with Crippen molar-refractivity contribution in [1.82, 2.24) is 4.90 Å². The molecule has 0 unspecified atom stereocenters. The lowest BCUT2D eigenvalue weighted by molar-refractivity contribution is -0.200. The smallest absolute Gasteiger partial charge is 0.352 e. The Morgan fingerprint density at radius 2 is 1.70 bits per heavy atom. The van der Waals surface area contributed by atoms with Gasteiger partial charge in [-0.25, -0.2) is 0 Å². The van der Waals surface area contributed by atoms with Crippen LogP contribution in [-0.2, 0) is 15.6 Å². The number of alkyl halides is 2. The van der Waals surface area contributed by atoms with Gasteiger partial charge in [0.1, 0.15) is 5.60 Å². The highest BCUT2D eigenvalue weighted by Gasteiger charge is 2.60. The second kappa shape index (κ2) is 5.33. The van der Waals surface area contributed by atoms with Crippen LogP contribution in [0, 0.1) is 0 Å². The topological polar surface area (TPSA) is 57.6 Å². The predicted molar refractivity (Wildman–Crippen MR) is 72.0 cm³/mol. The van der Waals surface area contributed by atoms with Gasteiger partial charge in [-0.05, 0) is 26.7 Å². The van der Waals surface area contributed by atoms with Crippen molar-refractivity contribution in [2.45, 2.75) is 61.6 Å². The Bertz CT molecular complexity index is 410. The van der Waals surface area contributed by atoms with Crippen LogP contribution in [0.2, 0.25) is 0 Å². The fourth-order valence-electron chi connectivity index (χ4n) is 3.08. The summed E-state index contributed by atoms with van der Waals surface area (Å²) in [6.45, 7) is 3.49. The number of carbonyl (C=O) groups is 1. The van der Waals surface area contributed by atoms with Crippen LogP contribution in [0.5, 0.6) is 0 Å². The zero-order chi connectivity index (χ0) is 15.1. The molecule has 0 radical (unpaired) electrons. The Kier molecular flexibility index (Phi) is 4.22. The number of carbonyl (C=O) groups excluding carboxylic acids is 1. The molecule has 0 spiro atoms. The molecule has 4 nitrogen and oxygen atoms in total. The molecule has 1 aliphatic carbocycles. The number of hydrogen-bond donors (Lipinski definition) is 1. The van der Waals surface area contributed by atoms with Crippen molar-refractivity contribution >= 4 is 16.7 Å². The minimum absolute atomic E-state index is 0.0450. The largest absolute Gasteiger partial charge is 0.383 e. The molecule has 1 heterocycles. The molecule has 1 N–H and O–H groups in total. The summed E-state index contributed by atoms with van der Waals surface area (Å²) in [6.07, 6.45) is 0.930. The minimum atomic E-state index is -3.76. The van der Waals surface area contributed by atoms with E-state index < -0.39 is 28.2 Å². The number of aliphatic hydroxyl groups is 1. The van der Waals surface area contributed by atoms with Crippen LogP contribution in [0.1, 0.15) is 39.5 Å². The van der Waals surface area contributed by atoms with E-state index >= 15 is 0 Å². The highest BCUT2D eigenvalue weighted by molar-refractivity contribution is 7.86. The van der Waals surface area contributed by atoms with Crippen molar-refractivity contribution < 1.29 is 22.9 Å². The van der Waals surface area contributed by atoms with Gasteiger partial charge in [0.25, 0.3) is 5.91 Å². The molecule has 116 valence electrons. The normalized spacial score (nSPS) is 31.6. The van der Waals surface area contributed by atoms with Crippen LogP contribution in [-0.4, -0.2) is 55.2 Å². The first-order chi connectivity index (χ1) is 9.19. The molecule has 7 heteroatoms. The third kappa shape index (κ3) is 2.50. The summed E-state index contributed by atoms with van der Waals surface area (Å²) in [4.78, 5) is 13.2. The Morgan fingerprint density at radius 1 is 1.25 bits per heavy atom. The summed E-state index contributed by atoms with van der Waals surface area (Å²) >= 11 is 0. The average molecular weight is 309 g/mol. The number of amides is 1. The Hall–Kier alpha value is -0.560. The predicted octanol–water partition coefficient (Wildman–Crippen LogP) is 1.29. The van der Waals surface area contributed by atoms with Crippen LogP contribution >= 0.6 is 0 Å². The molecule has 20 heavy (non-hydrogen) atoms. The van der Waals surface area contributed by atoms with E-state index in [0.717, 1.165) is 4.90 Å². The number of nitrogens with zero attached hydrogens (tertiary/aromatic N) is 1. The van der Waals surface area contributed by atoms with Gasteiger partial charge in [0.05, 0.1) is 0 Å². The van der Waals surface area contributed by atoms with Gasteiger partial charge in [-0.15, -0.1) is 0 Å². The summed E-state index contributed by atoms with van der Waals surface area (Å²) < 4.78 is 40.4. The van der Waals surface area contributed by atoms with E-state index in [4.69, 9.17) is 0 Å². The molecule has 0 aromatic heterocycles. The Morgan fingerprint density at radius 3 is 2.15 bits per heavy atom. The maximum absolute atomic E-state index is 14.3. The highest BCUT2D eigenvalue weighted by atomic mass is 32.2. The standard InChI is InChI=1S/C13H21F2NO3S/c1-9-7-16(8-10(2)20(9)19)11(17)13(14,15)12(18)5-3-4-6-12/h9-10,18H,3-8H2,1-2H3/t9-,10-/m1/s1. The second-order valence-corrected chi connectivity index (χ2v) is 8.24. The lowest BCUT2D eigenvalue weighted by Crippen LogP contribution is -2.60. The zero-order valence-corrected chi connectivity index (χ0v) is 12.6. The number of rotatable bonds is 2. The molecule has 2 aliphatic rings. The molecule has 2 atom stereocenters. The molecular weight excluding hydrogens is 288 g/mol. The van der Waals surface area contributed by atoms with E-state index in [-0.39, 0.29) is 36.4 Å². The lowest BCUT2D eigenvalue weighted by Gasteiger charge is -2.39. The molecule has 2 fully saturated rings. The first-order valence-corrected chi connectivity index (χ1v) is 8.25. The van der Waals surface area contributed by atoms with E-state index in [1.165, 1.54) is 0 Å². The van der Waals surface area contributed by atoms with Crippen LogP contribution in [0.4, 0.5) is 8.78 Å². The summed E-state index contributed by atoms with van der Waals surface area (Å²) in [7, 11) is -1.11. The molecule has 1 aliphatic heterocycles. The minimum Gasteiger partial charge on any atom is -0.383 e. The first kappa shape index (κ1) is 15.8. The maximum Gasteiger partial charge on any atom is 0.352 e. The Balaban J connectivity index is 2.16. The fraction of sp³-hybridized carbons (Fsp3) is 0.923. The number of hydrogen-bond acceptors (Lipinski definition) is 3. The van der Waals surface area contributed by atoms with Crippen LogP contribution in [0.25, 0.3) is 0 Å². The van der Waals surface area contributed by atoms with Crippen molar-refractivity contribution in [1.29, 1.82) is 0 Å². The van der Waals surface area contributed by atoms with Crippen molar-refractivity contribution in [3.05, 3.63) is 0 Å². The van der Waals surface area contributed by atoms with Crippen molar-refractivity contribution in [3.63, 3.8) is 0 Å². The SMILES string of the molecule is C[C@@H]1CN(C(=O)C(F)(F)C2(O)CCCC2)C[C@@H](C)S1=O. The van der Waals surface area contributed by atoms with Crippen LogP contribution < -0.4 is 0 Å². The summed E-state index contributed by atoms with van der Waals surface area (Å²) in [6, 6.07) is 0. The van der Waals surface area contributed by atoms with Crippen molar-refractivity contribution in [2.75, 3.05) is 13.1 Å². The zero-order valence-electron chi connectivity index (χ0n) is 11.8. The van der Waals surface area contributed by atoms with E-state index in [2.05, 4.69) is 0 Å². The summed E-state index contributed by atoms with van der Waals surface area (Å²) in [5.41, 5.74) is -2.22. The van der Waals surface area contributed by atoms with Gasteiger partial charge in [0.2, 0.25) is 0 Å². The molecule has 1 amide bonds. The van der Waals surface area contributed by atoms with Gasteiger partial charge in [-0.3, -0.25) is 9.00 Å². The van der Waals surface area contributed by atoms with Crippen molar-refractivity contribution in [2.24, 2.45) is 0 Å². The molecule has 0 aromatic rings. The Labute approximate surface area is 120 Å². The van der Waals surface area contributed by atoms with Crippen LogP contribution in [0.15, 0.2) is 0 Å². The summed E-state index contributed by atoms with van der Waals surface area (Å²) in [5.74, 6) is -5.08. The monoisotopic (exact) mass is 309 g/mol. The van der Waals surface area contributed by atoms with Crippen molar-refractivity contribution in [3.8, 4) is 0 Å². The van der Waals surface area contributed by atoms with Gasteiger partial charge >= 0.3 is 5.92 Å². The highest BCUT2D eigenvalue weighted by Crippen LogP contribution is 2.43. The quantitative estimate of drug-likeness (QED) is 0.836. The average Bonchev–Trinajstić information content (AvgIpc) is 2.83. The maximum atomic E-state index is 14.3. The van der Waals surface area contributed by atoms with Gasteiger partial charge in [-0.1, -0.05) is 12.8 Å². The molecule has 1 saturated heterocycles. The van der Waals surface area contributed by atoms with Crippen LogP contribution in [0.3, 0.4) is 0 Å². The van der Waals surface area contributed by atoms with Gasteiger partial charge in [0.15, 0.2) is 0 Å². The fourth-order valence-corrected chi connectivity index (χ4v) is 4.52. The molecule has 2 rings (SSSR count). The molecule has 1 saturated carbocycles. The van der Waals surface area contributed by atoms with E-state index in [0.29, 0.717) is 12.8 Å². The summed E-state index contributed by atoms with van der Waals surface area (Å²) in [5, 5.41) is 9.40. The molecule has 0 aromatic carbocycles. The molecule has 0 bridgehead atoms. The lowest BCUT2D eigenvalue weighted by atomic mass is 9.92.